The third kappa shape index (κ3) is 5.78. The highest BCUT2D eigenvalue weighted by Crippen LogP contribution is 2.55. The van der Waals surface area contributed by atoms with Gasteiger partial charge in [0.1, 0.15) is 24.9 Å². The predicted molar refractivity (Wildman–Crippen MR) is 134 cm³/mol. The molecule has 3 rings (SSSR count). The third-order valence-electron chi connectivity index (χ3n) is 7.84. The normalized spacial score (nSPS) is 35.9. The van der Waals surface area contributed by atoms with Gasteiger partial charge in [-0.2, -0.15) is 0 Å². The Morgan fingerprint density at radius 1 is 1.05 bits per heavy atom. The molecule has 0 aromatic rings. The van der Waals surface area contributed by atoms with Crippen LogP contribution in [0.15, 0.2) is 36.0 Å². The van der Waals surface area contributed by atoms with Crippen LogP contribution >= 0.6 is 0 Å². The molecule has 1 N–H and O–H groups in total. The molecule has 1 saturated heterocycles. The first-order valence-electron chi connectivity index (χ1n) is 12.8. The smallest absolute Gasteiger partial charge is 0.312 e. The van der Waals surface area contributed by atoms with Crippen LogP contribution in [0.3, 0.4) is 0 Å². The Labute approximate surface area is 227 Å². The van der Waals surface area contributed by atoms with Crippen molar-refractivity contribution < 1.29 is 52.8 Å². The van der Waals surface area contributed by atoms with Crippen LogP contribution in [0.2, 0.25) is 0 Å². The summed E-state index contributed by atoms with van der Waals surface area (Å²) in [6.45, 7) is 12.0. The molecule has 0 spiro atoms. The van der Waals surface area contributed by atoms with Gasteiger partial charge in [0.2, 0.25) is 0 Å². The van der Waals surface area contributed by atoms with E-state index in [-0.39, 0.29) is 6.61 Å². The molecule has 0 aromatic carbocycles. The molecule has 1 heterocycles. The Kier molecular flexibility index (Phi) is 8.74. The van der Waals surface area contributed by atoms with Gasteiger partial charge in [0.05, 0.1) is 11.3 Å². The Morgan fingerprint density at radius 3 is 2.23 bits per heavy atom. The lowest BCUT2D eigenvalue weighted by Crippen LogP contribution is -2.65. The lowest BCUT2D eigenvalue weighted by Gasteiger charge is -2.54. The van der Waals surface area contributed by atoms with Crippen LogP contribution in [0.5, 0.6) is 0 Å². The van der Waals surface area contributed by atoms with Gasteiger partial charge in [-0.3, -0.25) is 24.0 Å². The van der Waals surface area contributed by atoms with Crippen LogP contribution in [-0.2, 0) is 47.7 Å². The molecular weight excluding hydrogens is 512 g/mol. The average Bonchev–Trinajstić information content (AvgIpc) is 3.03. The summed E-state index contributed by atoms with van der Waals surface area (Å²) in [6, 6.07) is 0. The summed E-state index contributed by atoms with van der Waals surface area (Å²) in [5.41, 5.74) is -2.60. The fourth-order valence-electron chi connectivity index (χ4n) is 5.95. The van der Waals surface area contributed by atoms with Gasteiger partial charge in [0.15, 0.2) is 11.7 Å². The summed E-state index contributed by atoms with van der Waals surface area (Å²) in [5.74, 6) is -5.40. The summed E-state index contributed by atoms with van der Waals surface area (Å²) in [6.07, 6.45) is 0.445. The first-order valence-corrected chi connectivity index (χ1v) is 12.8. The summed E-state index contributed by atoms with van der Waals surface area (Å²) in [4.78, 5) is 61.4. The highest BCUT2D eigenvalue weighted by Gasteiger charge is 2.67. The Hall–Kier alpha value is -3.47. The van der Waals surface area contributed by atoms with Crippen molar-refractivity contribution >= 4 is 29.8 Å². The molecule has 0 amide bonds. The van der Waals surface area contributed by atoms with Crippen molar-refractivity contribution in [1.82, 2.24) is 0 Å². The van der Waals surface area contributed by atoms with E-state index in [1.165, 1.54) is 39.8 Å². The highest BCUT2D eigenvalue weighted by atomic mass is 16.6. The number of hydrogen-bond donors (Lipinski definition) is 1. The van der Waals surface area contributed by atoms with Crippen molar-refractivity contribution in [3.63, 3.8) is 0 Å². The van der Waals surface area contributed by atoms with E-state index < -0.39 is 77.1 Å². The molecule has 0 aromatic heterocycles. The predicted octanol–water partition coefficient (Wildman–Crippen LogP) is 2.11. The molecule has 1 aliphatic heterocycles. The summed E-state index contributed by atoms with van der Waals surface area (Å²) >= 11 is 0. The number of rotatable bonds is 5. The summed E-state index contributed by atoms with van der Waals surface area (Å²) in [5, 5.41) is 12.3. The van der Waals surface area contributed by atoms with Crippen molar-refractivity contribution in [2.75, 3.05) is 6.61 Å². The fourth-order valence-corrected chi connectivity index (χ4v) is 5.95. The van der Waals surface area contributed by atoms with Crippen molar-refractivity contribution in [2.45, 2.75) is 84.4 Å². The first-order chi connectivity index (χ1) is 18.1. The molecule has 39 heavy (non-hydrogen) atoms. The van der Waals surface area contributed by atoms with Crippen LogP contribution in [0.4, 0.5) is 0 Å². The minimum Gasteiger partial charge on any atom is -0.462 e. The van der Waals surface area contributed by atoms with Crippen molar-refractivity contribution in [3.8, 4) is 0 Å². The molecule has 8 atom stereocenters. The second-order valence-electron chi connectivity index (χ2n) is 10.5. The van der Waals surface area contributed by atoms with Crippen molar-refractivity contribution in [3.05, 3.63) is 36.0 Å². The van der Waals surface area contributed by atoms with Gasteiger partial charge in [0.25, 0.3) is 0 Å². The standard InChI is InChI=1S/C28H36O11/c1-14-8-10-21(36-17(4)30)27(7)22(37-18(5)31)11-9-20(13-35-16(3)29)12-23-28(34,15(2)26(33)39-23)25(24(14)27)38-19(6)32/h9,11-12,15,21-25,34H,1,8,10,13H2,2-7H3. The van der Waals surface area contributed by atoms with Gasteiger partial charge in [-0.05, 0) is 37.5 Å². The van der Waals surface area contributed by atoms with Gasteiger partial charge in [-0.15, -0.1) is 0 Å². The van der Waals surface area contributed by atoms with E-state index in [2.05, 4.69) is 6.58 Å². The number of ether oxygens (including phenoxy) is 5. The Balaban J connectivity index is 2.38. The van der Waals surface area contributed by atoms with Gasteiger partial charge >= 0.3 is 29.8 Å². The van der Waals surface area contributed by atoms with Gasteiger partial charge in [-0.1, -0.05) is 25.2 Å². The molecule has 214 valence electrons. The average molecular weight is 549 g/mol. The molecule has 3 aliphatic rings. The first kappa shape index (κ1) is 30.1. The second-order valence-corrected chi connectivity index (χ2v) is 10.5. The molecule has 1 saturated carbocycles. The zero-order valence-corrected chi connectivity index (χ0v) is 23.1. The molecule has 2 fully saturated rings. The zero-order chi connectivity index (χ0) is 29.3. The second kappa shape index (κ2) is 11.3. The fraction of sp³-hybridized carbons (Fsp3) is 0.607. The molecule has 0 radical (unpaired) electrons. The lowest BCUT2D eigenvalue weighted by molar-refractivity contribution is -0.214. The van der Waals surface area contributed by atoms with E-state index >= 15 is 0 Å². The maximum atomic E-state index is 12.9. The minimum absolute atomic E-state index is 0.254. The van der Waals surface area contributed by atoms with E-state index in [1.807, 2.05) is 0 Å². The highest BCUT2D eigenvalue weighted by molar-refractivity contribution is 5.78. The number of hydrogen-bond acceptors (Lipinski definition) is 11. The zero-order valence-electron chi connectivity index (χ0n) is 23.1. The van der Waals surface area contributed by atoms with Crippen molar-refractivity contribution in [1.29, 1.82) is 0 Å². The van der Waals surface area contributed by atoms with E-state index in [1.54, 1.807) is 13.0 Å². The van der Waals surface area contributed by atoms with Crippen LogP contribution in [0.1, 0.15) is 54.4 Å². The molecule has 8 unspecified atom stereocenters. The van der Waals surface area contributed by atoms with Crippen LogP contribution in [0.25, 0.3) is 0 Å². The van der Waals surface area contributed by atoms with E-state index in [0.29, 0.717) is 24.0 Å². The quantitative estimate of drug-likeness (QED) is 0.305. The summed E-state index contributed by atoms with van der Waals surface area (Å²) in [7, 11) is 0. The third-order valence-corrected chi connectivity index (χ3v) is 7.84. The van der Waals surface area contributed by atoms with Crippen LogP contribution < -0.4 is 0 Å². The van der Waals surface area contributed by atoms with E-state index in [4.69, 9.17) is 23.7 Å². The topological polar surface area (TPSA) is 152 Å². The Bertz CT molecular complexity index is 1120. The number of carbonyl (C=O) groups excluding carboxylic acids is 5. The SMILES string of the molecule is C=C1CCC(OC(C)=O)C2(C)C(OC(C)=O)C=CC(COC(C)=O)=CC3OC(=O)C(C)C3(O)C(OC(C)=O)C12. The monoisotopic (exact) mass is 548 g/mol. The summed E-state index contributed by atoms with van der Waals surface area (Å²) < 4.78 is 28.0. The minimum atomic E-state index is -2.12. The van der Waals surface area contributed by atoms with Crippen LogP contribution in [0, 0.1) is 17.3 Å². The maximum absolute atomic E-state index is 12.9. The molecule has 2 aliphatic carbocycles. The maximum Gasteiger partial charge on any atom is 0.312 e. The van der Waals surface area contributed by atoms with E-state index in [9.17, 15) is 29.1 Å². The van der Waals surface area contributed by atoms with Gasteiger partial charge in [-0.25, -0.2) is 0 Å². The number of carbonyl (C=O) groups is 5. The van der Waals surface area contributed by atoms with E-state index in [0.717, 1.165) is 6.92 Å². The largest absolute Gasteiger partial charge is 0.462 e. The lowest BCUT2D eigenvalue weighted by atomic mass is 9.55. The van der Waals surface area contributed by atoms with Gasteiger partial charge < -0.3 is 28.8 Å². The van der Waals surface area contributed by atoms with Crippen LogP contribution in [-0.4, -0.2) is 71.6 Å². The molecule has 11 nitrogen and oxygen atoms in total. The number of esters is 5. The molecule has 11 heteroatoms. The number of fused-ring (bicyclic) bond motifs is 2. The van der Waals surface area contributed by atoms with Crippen molar-refractivity contribution in [2.24, 2.45) is 17.3 Å². The van der Waals surface area contributed by atoms with Gasteiger partial charge in [0, 0.05) is 33.6 Å². The number of aliphatic hydroxyl groups is 1. The Morgan fingerprint density at radius 2 is 1.67 bits per heavy atom. The molecule has 0 bridgehead atoms. The molecular formula is C28H36O11.